The molecule has 5 heterocycles. The van der Waals surface area contributed by atoms with Crippen LogP contribution in [0.25, 0.3) is 0 Å². The molecule has 3 atom stereocenters. The van der Waals surface area contributed by atoms with Crippen LogP contribution in [-0.4, -0.2) is 86.7 Å². The molecule has 1 N–H and O–H groups in total. The zero-order chi connectivity index (χ0) is 47.4. The van der Waals surface area contributed by atoms with E-state index in [0.29, 0.717) is 40.9 Å². The molecule has 0 spiro atoms. The molecule has 10 rings (SSSR count). The predicted molar refractivity (Wildman–Crippen MR) is 248 cm³/mol. The number of pyridine rings is 1. The monoisotopic (exact) mass is 990 g/mol. The van der Waals surface area contributed by atoms with Crippen molar-refractivity contribution in [1.29, 1.82) is 0 Å². The number of nitrogens with one attached hydrogen (secondary N) is 1. The van der Waals surface area contributed by atoms with E-state index in [1.807, 2.05) is 54.6 Å². The van der Waals surface area contributed by atoms with Gasteiger partial charge in [-0.2, -0.15) is 13.1 Å². The molecule has 2 bridgehead atoms. The van der Waals surface area contributed by atoms with Crippen LogP contribution in [0.5, 0.6) is 17.2 Å². The smallest absolute Gasteiger partial charge is 0.408 e. The van der Waals surface area contributed by atoms with Gasteiger partial charge in [0.1, 0.15) is 24.6 Å². The third-order valence-corrected chi connectivity index (χ3v) is 15.4. The first kappa shape index (κ1) is 47.5. The Balaban J connectivity index is 0.821. The zero-order valence-corrected chi connectivity index (χ0v) is 39.2. The summed E-state index contributed by atoms with van der Waals surface area (Å²) in [5.41, 5.74) is 3.25. The Morgan fingerprint density at radius 1 is 0.794 bits per heavy atom. The largest absolute Gasteiger partial charge is 0.489 e. The molecule has 4 aliphatic heterocycles. The van der Waals surface area contributed by atoms with Crippen molar-refractivity contribution in [3.05, 3.63) is 147 Å². The van der Waals surface area contributed by atoms with Crippen molar-refractivity contribution < 1.29 is 50.5 Å². The van der Waals surface area contributed by atoms with Gasteiger partial charge in [-0.3, -0.25) is 14.7 Å². The maximum atomic E-state index is 13.7. The summed E-state index contributed by atoms with van der Waals surface area (Å²) in [4.78, 5) is 33.4. The molecule has 0 radical (unpaired) electrons. The molecule has 18 heteroatoms. The second-order valence-electron chi connectivity index (χ2n) is 17.6. The first-order valence-electron chi connectivity index (χ1n) is 22.6. The number of ether oxygens (including phenoxy) is 5. The minimum Gasteiger partial charge on any atom is -0.489 e. The van der Waals surface area contributed by atoms with Crippen LogP contribution in [-0.2, 0) is 37.3 Å². The van der Waals surface area contributed by atoms with E-state index in [-0.39, 0.29) is 58.7 Å². The second-order valence-corrected chi connectivity index (χ2v) is 20.4. The lowest BCUT2D eigenvalue weighted by molar-refractivity contribution is -0.158. The highest BCUT2D eigenvalue weighted by Gasteiger charge is 2.42. The van der Waals surface area contributed by atoms with E-state index in [0.717, 1.165) is 56.4 Å². The first-order chi connectivity index (χ1) is 32.9. The summed E-state index contributed by atoms with van der Waals surface area (Å²) in [7, 11) is -3.98. The van der Waals surface area contributed by atoms with Crippen molar-refractivity contribution in [3.8, 4) is 17.2 Å². The topological polar surface area (TPSA) is 146 Å². The number of carbonyl (C=O) groups excluding carboxylic acids is 2. The lowest BCUT2D eigenvalue weighted by Gasteiger charge is -2.43. The molecule has 4 aromatic carbocycles. The minimum absolute atomic E-state index is 0.000907. The van der Waals surface area contributed by atoms with E-state index in [1.165, 1.54) is 47.0 Å². The van der Waals surface area contributed by atoms with E-state index in [2.05, 4.69) is 15.2 Å². The van der Waals surface area contributed by atoms with Gasteiger partial charge < -0.3 is 29.0 Å². The number of sulfonamides is 1. The number of nitrogens with zero attached hydrogens (tertiary/aromatic N) is 3. The number of aromatic nitrogens is 1. The van der Waals surface area contributed by atoms with Gasteiger partial charge in [-0.15, -0.1) is 0 Å². The van der Waals surface area contributed by atoms with Crippen LogP contribution >= 0.6 is 23.2 Å². The van der Waals surface area contributed by atoms with Crippen molar-refractivity contribution in [3.63, 3.8) is 0 Å². The molecule has 4 saturated heterocycles. The van der Waals surface area contributed by atoms with Crippen LogP contribution in [0.4, 0.5) is 13.6 Å². The van der Waals surface area contributed by atoms with Gasteiger partial charge in [0.15, 0.2) is 11.5 Å². The fourth-order valence-corrected chi connectivity index (χ4v) is 10.8. The molecular formula is C50H50Cl2F2N4O9S. The molecule has 358 valence electrons. The van der Waals surface area contributed by atoms with E-state index in [1.54, 1.807) is 12.1 Å². The van der Waals surface area contributed by atoms with Gasteiger partial charge in [-0.25, -0.2) is 13.2 Å². The number of hydrogen-bond donors (Lipinski definition) is 1. The molecule has 1 amide bonds. The number of esters is 1. The van der Waals surface area contributed by atoms with Gasteiger partial charge in [0.25, 0.3) is 0 Å². The summed E-state index contributed by atoms with van der Waals surface area (Å²) >= 11 is 12.9. The van der Waals surface area contributed by atoms with Crippen LogP contribution in [0.3, 0.4) is 0 Å². The van der Waals surface area contributed by atoms with Gasteiger partial charge in [0, 0.05) is 38.4 Å². The summed E-state index contributed by atoms with van der Waals surface area (Å²) in [5.74, 6) is -0.316. The molecule has 5 aliphatic rings. The van der Waals surface area contributed by atoms with Crippen LogP contribution in [0.1, 0.15) is 65.6 Å². The number of carbonyl (C=O) groups is 2. The molecular weight excluding hydrogens is 942 g/mol. The maximum Gasteiger partial charge on any atom is 0.408 e. The lowest BCUT2D eigenvalue weighted by Crippen LogP contribution is -2.53. The number of alkyl halides is 2. The summed E-state index contributed by atoms with van der Waals surface area (Å²) in [6.07, 6.45) is 5.18. The van der Waals surface area contributed by atoms with E-state index in [9.17, 15) is 26.8 Å². The van der Waals surface area contributed by atoms with E-state index >= 15 is 0 Å². The third kappa shape index (κ3) is 11.5. The number of amides is 1. The Kier molecular flexibility index (Phi) is 14.7. The predicted octanol–water partition coefficient (Wildman–Crippen LogP) is 9.42. The Hall–Kier alpha value is -5.52. The standard InChI is InChI=1S/C50H50Cl2F2N4O9S/c51-41-24-55-25-42(52)40(41)23-44(35-13-16-43(66-49(53)54)45(22-35)64-30-31-9-10-31)65-48(59)37-26-58(27-37)68(61,62)39-14-11-32(12-15-39)29-63-38-8-4-7-36(21-38)47(34-5-2-1-3-6-34)56-50(60)67-46-28-57-19-17-33(46)18-20-57/h1-8,11-16,21-22,24-25,31,33,37,44,46-47,49H,9-10,17-20,23,26-30H2,(H,56,60)/t44-,46-,47-/m0/s1. The second kappa shape index (κ2) is 21.0. The van der Waals surface area contributed by atoms with Gasteiger partial charge in [0.05, 0.1) is 33.5 Å². The molecule has 1 aliphatic carbocycles. The number of alkyl carbamates (subject to hydrolysis) is 1. The van der Waals surface area contributed by atoms with Crippen LogP contribution in [0.2, 0.25) is 10.0 Å². The van der Waals surface area contributed by atoms with E-state index in [4.69, 9.17) is 46.9 Å². The molecule has 1 aromatic heterocycles. The van der Waals surface area contributed by atoms with Crippen LogP contribution in [0, 0.1) is 17.8 Å². The fraction of sp³-hybridized carbons (Fsp3) is 0.380. The highest BCUT2D eigenvalue weighted by Crippen LogP contribution is 2.39. The summed E-state index contributed by atoms with van der Waals surface area (Å²) < 4.78 is 84.0. The van der Waals surface area contributed by atoms with Crippen molar-refractivity contribution >= 4 is 45.3 Å². The van der Waals surface area contributed by atoms with Gasteiger partial charge in [-0.1, -0.05) is 83.9 Å². The number of benzene rings is 4. The Morgan fingerprint density at radius 2 is 1.51 bits per heavy atom. The Bertz CT molecular complexity index is 2670. The number of piperidine rings is 3. The van der Waals surface area contributed by atoms with Crippen molar-refractivity contribution in [2.45, 2.75) is 68.5 Å². The molecule has 13 nitrogen and oxygen atoms in total. The maximum absolute atomic E-state index is 13.7. The molecule has 5 fully saturated rings. The Morgan fingerprint density at radius 3 is 2.19 bits per heavy atom. The van der Waals surface area contributed by atoms with E-state index < -0.39 is 46.8 Å². The van der Waals surface area contributed by atoms with Crippen LogP contribution in [0.15, 0.2) is 114 Å². The van der Waals surface area contributed by atoms with Gasteiger partial charge >= 0.3 is 18.7 Å². The number of rotatable bonds is 19. The summed E-state index contributed by atoms with van der Waals surface area (Å²) in [5, 5.41) is 3.55. The quantitative estimate of drug-likeness (QED) is 0.0790. The molecule has 0 unspecified atom stereocenters. The van der Waals surface area contributed by atoms with Crippen LogP contribution < -0.4 is 19.5 Å². The van der Waals surface area contributed by atoms with Gasteiger partial charge in [0.2, 0.25) is 10.0 Å². The van der Waals surface area contributed by atoms with Crippen molar-refractivity contribution in [2.75, 3.05) is 39.3 Å². The summed E-state index contributed by atoms with van der Waals surface area (Å²) in [6.45, 7) is -0.0481. The Labute approximate surface area is 403 Å². The molecule has 5 aromatic rings. The number of fused-ring (bicyclic) bond motifs is 3. The van der Waals surface area contributed by atoms with Crippen molar-refractivity contribution in [2.24, 2.45) is 17.8 Å². The lowest BCUT2D eigenvalue weighted by atomic mass is 9.86. The molecule has 1 saturated carbocycles. The molecule has 68 heavy (non-hydrogen) atoms. The highest BCUT2D eigenvalue weighted by atomic mass is 35.5. The van der Waals surface area contributed by atoms with Crippen molar-refractivity contribution in [1.82, 2.24) is 19.5 Å². The third-order valence-electron chi connectivity index (χ3n) is 12.9. The highest BCUT2D eigenvalue weighted by molar-refractivity contribution is 7.89. The number of halogens is 4. The average Bonchev–Trinajstić information content (AvgIpc) is 4.16. The van der Waals surface area contributed by atoms with Gasteiger partial charge in [-0.05, 0) is 115 Å². The fourth-order valence-electron chi connectivity index (χ4n) is 8.78. The summed E-state index contributed by atoms with van der Waals surface area (Å²) in [6, 6.07) is 27.2. The first-order valence-corrected chi connectivity index (χ1v) is 24.8. The average molecular weight is 992 g/mol. The zero-order valence-electron chi connectivity index (χ0n) is 36.9. The normalized spacial score (nSPS) is 20.2. The number of hydrogen-bond acceptors (Lipinski definition) is 11. The SMILES string of the molecule is O=C(N[C@@H](c1ccccc1)c1cccc(OCc2ccc(S(=O)(=O)N3CC(C(=O)O[C@@H](Cc4c(Cl)cncc4Cl)c4ccc(OC(F)F)c(OCC5CC5)c4)C3)cc2)c1)O[C@H]1CN2CCC1CC2. The minimum atomic E-state index is -3.98.